The predicted octanol–water partition coefficient (Wildman–Crippen LogP) is 0.381. The molecule has 0 saturated carbocycles. The summed E-state index contributed by atoms with van der Waals surface area (Å²) in [5, 5.41) is 19.2. The van der Waals surface area contributed by atoms with Crippen LogP contribution in [0.25, 0.3) is 5.65 Å². The molecule has 2 rings (SSSR count). The number of nitrogens with one attached hydrogen (secondary N) is 2. The summed E-state index contributed by atoms with van der Waals surface area (Å²) < 4.78 is 1.31. The maximum atomic E-state index is 11.2. The van der Waals surface area contributed by atoms with E-state index in [2.05, 4.69) is 20.5 Å². The molecule has 1 atom stereocenters. The van der Waals surface area contributed by atoms with Gasteiger partial charge in [-0.3, -0.25) is 0 Å². The van der Waals surface area contributed by atoms with Crippen LogP contribution in [0.2, 0.25) is 0 Å². The van der Waals surface area contributed by atoms with Crippen molar-refractivity contribution in [2.75, 3.05) is 11.9 Å². The molecular formula is C11H17N5O2. The van der Waals surface area contributed by atoms with Crippen LogP contribution >= 0.6 is 0 Å². The van der Waals surface area contributed by atoms with E-state index >= 15 is 0 Å². The molecule has 0 radical (unpaired) electrons. The van der Waals surface area contributed by atoms with Crippen LogP contribution in [0, 0.1) is 0 Å². The Hall–Kier alpha value is -1.89. The Morgan fingerprint density at radius 1 is 1.61 bits per heavy atom. The number of aliphatic hydroxyl groups is 1. The number of hydrogen-bond acceptors (Lipinski definition) is 5. The van der Waals surface area contributed by atoms with Gasteiger partial charge >= 0.3 is 5.69 Å². The molecule has 0 aliphatic carbocycles. The van der Waals surface area contributed by atoms with Gasteiger partial charge in [0.05, 0.1) is 5.60 Å². The summed E-state index contributed by atoms with van der Waals surface area (Å²) in [6, 6.07) is 1.65. The van der Waals surface area contributed by atoms with Gasteiger partial charge in [0.1, 0.15) is 12.1 Å². The van der Waals surface area contributed by atoms with Crippen molar-refractivity contribution >= 4 is 11.5 Å². The molecule has 0 amide bonds. The van der Waals surface area contributed by atoms with Crippen molar-refractivity contribution in [3.05, 3.63) is 22.9 Å². The number of hydrogen-bond donors (Lipinski definition) is 3. The Morgan fingerprint density at radius 2 is 2.39 bits per heavy atom. The van der Waals surface area contributed by atoms with Crippen LogP contribution in [0.15, 0.2) is 17.2 Å². The van der Waals surface area contributed by atoms with Gasteiger partial charge in [-0.05, 0) is 13.3 Å². The van der Waals surface area contributed by atoms with Crippen molar-refractivity contribution in [2.24, 2.45) is 0 Å². The molecule has 18 heavy (non-hydrogen) atoms. The van der Waals surface area contributed by atoms with Crippen LogP contribution < -0.4 is 11.0 Å². The van der Waals surface area contributed by atoms with Crippen molar-refractivity contribution in [2.45, 2.75) is 32.3 Å². The maximum Gasteiger partial charge on any atom is 0.348 e. The monoisotopic (exact) mass is 251 g/mol. The number of anilines is 1. The zero-order chi connectivity index (χ0) is 13.2. The Labute approximate surface area is 104 Å². The summed E-state index contributed by atoms with van der Waals surface area (Å²) >= 11 is 0. The zero-order valence-electron chi connectivity index (χ0n) is 10.5. The lowest BCUT2D eigenvalue weighted by Crippen LogP contribution is -2.33. The average molecular weight is 251 g/mol. The fourth-order valence-electron chi connectivity index (χ4n) is 1.81. The quantitative estimate of drug-likeness (QED) is 0.714. The first-order valence-corrected chi connectivity index (χ1v) is 5.91. The summed E-state index contributed by atoms with van der Waals surface area (Å²) in [5.74, 6) is 0.581. The molecule has 0 spiro atoms. The molecular weight excluding hydrogens is 234 g/mol. The van der Waals surface area contributed by atoms with E-state index in [1.807, 2.05) is 6.92 Å². The average Bonchev–Trinajstić information content (AvgIpc) is 2.68. The van der Waals surface area contributed by atoms with Gasteiger partial charge in [-0.1, -0.05) is 13.3 Å². The van der Waals surface area contributed by atoms with Crippen LogP contribution in [0.1, 0.15) is 26.7 Å². The second-order valence-corrected chi connectivity index (χ2v) is 4.63. The van der Waals surface area contributed by atoms with Gasteiger partial charge in [-0.15, -0.1) is 0 Å². The van der Waals surface area contributed by atoms with Crippen LogP contribution in [0.5, 0.6) is 0 Å². The van der Waals surface area contributed by atoms with Crippen molar-refractivity contribution in [1.29, 1.82) is 0 Å². The SMILES string of the molecule is CCCC(C)(O)CNc1cc2n[nH]c(=O)n2cn1. The number of H-pyrrole nitrogens is 1. The summed E-state index contributed by atoms with van der Waals surface area (Å²) in [7, 11) is 0. The highest BCUT2D eigenvalue weighted by Crippen LogP contribution is 2.13. The number of rotatable bonds is 5. The number of aromatic nitrogens is 4. The van der Waals surface area contributed by atoms with E-state index in [4.69, 9.17) is 0 Å². The third kappa shape index (κ3) is 2.67. The lowest BCUT2D eigenvalue weighted by Gasteiger charge is -2.23. The molecule has 1 unspecified atom stereocenters. The first-order valence-electron chi connectivity index (χ1n) is 5.91. The molecule has 2 aromatic rings. The highest BCUT2D eigenvalue weighted by molar-refractivity contribution is 5.48. The Bertz CT molecular complexity index is 586. The van der Waals surface area contributed by atoms with Gasteiger partial charge in [0.15, 0.2) is 5.65 Å². The Morgan fingerprint density at radius 3 is 3.11 bits per heavy atom. The third-order valence-electron chi connectivity index (χ3n) is 2.75. The largest absolute Gasteiger partial charge is 0.388 e. The first-order chi connectivity index (χ1) is 8.52. The molecule has 3 N–H and O–H groups in total. The van der Waals surface area contributed by atoms with Crippen LogP contribution in [0.4, 0.5) is 5.82 Å². The van der Waals surface area contributed by atoms with E-state index in [9.17, 15) is 9.90 Å². The topological polar surface area (TPSA) is 95.3 Å². The van der Waals surface area contributed by atoms with Gasteiger partial charge in [-0.25, -0.2) is 19.3 Å². The van der Waals surface area contributed by atoms with E-state index in [0.29, 0.717) is 24.4 Å². The summed E-state index contributed by atoms with van der Waals surface area (Å²) in [6.45, 7) is 4.20. The minimum Gasteiger partial charge on any atom is -0.388 e. The summed E-state index contributed by atoms with van der Waals surface area (Å²) in [6.07, 6.45) is 3.03. The van der Waals surface area contributed by atoms with Crippen molar-refractivity contribution in [3.8, 4) is 0 Å². The molecule has 0 bridgehead atoms. The fourth-order valence-corrected chi connectivity index (χ4v) is 1.81. The normalized spacial score (nSPS) is 14.6. The second-order valence-electron chi connectivity index (χ2n) is 4.63. The minimum atomic E-state index is -0.770. The molecule has 7 heteroatoms. The first kappa shape index (κ1) is 12.6. The number of nitrogens with zero attached hydrogens (tertiary/aromatic N) is 3. The van der Waals surface area contributed by atoms with Crippen molar-refractivity contribution in [1.82, 2.24) is 19.6 Å². The molecule has 2 aromatic heterocycles. The Balaban J connectivity index is 2.10. The molecule has 0 aliphatic rings. The lowest BCUT2D eigenvalue weighted by molar-refractivity contribution is 0.0636. The number of fused-ring (bicyclic) bond motifs is 1. The predicted molar refractivity (Wildman–Crippen MR) is 67.6 cm³/mol. The lowest BCUT2D eigenvalue weighted by atomic mass is 10.0. The van der Waals surface area contributed by atoms with E-state index < -0.39 is 5.60 Å². The molecule has 0 aliphatic heterocycles. The summed E-state index contributed by atoms with van der Waals surface area (Å²) in [4.78, 5) is 15.3. The minimum absolute atomic E-state index is 0.318. The molecule has 0 aromatic carbocycles. The van der Waals surface area contributed by atoms with Gasteiger partial charge in [0.25, 0.3) is 0 Å². The molecule has 2 heterocycles. The highest BCUT2D eigenvalue weighted by atomic mass is 16.3. The third-order valence-corrected chi connectivity index (χ3v) is 2.75. The van der Waals surface area contributed by atoms with E-state index in [-0.39, 0.29) is 5.69 Å². The smallest absolute Gasteiger partial charge is 0.348 e. The summed E-state index contributed by atoms with van der Waals surface area (Å²) in [5.41, 5.74) is -0.594. The highest BCUT2D eigenvalue weighted by Gasteiger charge is 2.18. The molecule has 0 fully saturated rings. The van der Waals surface area contributed by atoms with Crippen molar-refractivity contribution < 1.29 is 5.11 Å². The maximum absolute atomic E-state index is 11.2. The standard InChI is InChI=1S/C11H17N5O2/c1-3-4-11(2,18)6-12-8-5-9-14-15-10(17)16(9)7-13-8/h5,7,12,18H,3-4,6H2,1-2H3,(H,15,17). The zero-order valence-corrected chi connectivity index (χ0v) is 10.5. The van der Waals surface area contributed by atoms with Crippen molar-refractivity contribution in [3.63, 3.8) is 0 Å². The molecule has 0 saturated heterocycles. The number of aromatic amines is 1. The van der Waals surface area contributed by atoms with Crippen LogP contribution in [-0.2, 0) is 0 Å². The molecule has 98 valence electrons. The van der Waals surface area contributed by atoms with Gasteiger partial charge < -0.3 is 10.4 Å². The fraction of sp³-hybridized carbons (Fsp3) is 0.545. The van der Waals surface area contributed by atoms with E-state index in [1.54, 1.807) is 13.0 Å². The van der Waals surface area contributed by atoms with Gasteiger partial charge in [0, 0.05) is 12.6 Å². The van der Waals surface area contributed by atoms with Gasteiger partial charge in [-0.2, -0.15) is 5.10 Å². The van der Waals surface area contributed by atoms with Crippen LogP contribution in [0.3, 0.4) is 0 Å². The van der Waals surface area contributed by atoms with E-state index in [0.717, 1.165) is 6.42 Å². The molecule has 7 nitrogen and oxygen atoms in total. The van der Waals surface area contributed by atoms with Crippen LogP contribution in [-0.4, -0.2) is 36.8 Å². The van der Waals surface area contributed by atoms with E-state index in [1.165, 1.54) is 10.7 Å². The van der Waals surface area contributed by atoms with Gasteiger partial charge in [0.2, 0.25) is 0 Å². The Kier molecular flexibility index (Phi) is 3.33. The second kappa shape index (κ2) is 4.77.